The fourth-order valence-corrected chi connectivity index (χ4v) is 3.16. The first-order valence-electron chi connectivity index (χ1n) is 5.48. The molecule has 112 valence electrons. The van der Waals surface area contributed by atoms with Crippen molar-refractivity contribution >= 4 is 20.2 Å². The molecule has 0 aromatic heterocycles. The Morgan fingerprint density at radius 3 is 1.67 bits per heavy atom. The van der Waals surface area contributed by atoms with Crippen LogP contribution in [0.25, 0.3) is 0 Å². The van der Waals surface area contributed by atoms with E-state index in [1.807, 2.05) is 0 Å². The average Bonchev–Trinajstić information content (AvgIpc) is 2.38. The van der Waals surface area contributed by atoms with Crippen LogP contribution in [0.5, 0.6) is 11.5 Å². The number of aromatic hydroxyl groups is 1. The van der Waals surface area contributed by atoms with Gasteiger partial charge in [-0.2, -0.15) is 0 Å². The molecule has 2 rings (SSSR count). The highest BCUT2D eigenvalue weighted by Gasteiger charge is 2.17. The van der Waals surface area contributed by atoms with Crippen molar-refractivity contribution in [2.75, 3.05) is 0 Å². The van der Waals surface area contributed by atoms with Gasteiger partial charge in [0.2, 0.25) is 9.84 Å². The topological polar surface area (TPSA) is 121 Å². The first-order chi connectivity index (χ1) is 9.68. The largest absolute Gasteiger partial charge is 0.716 e. The fourth-order valence-electron chi connectivity index (χ4n) is 1.55. The van der Waals surface area contributed by atoms with Gasteiger partial charge < -0.3 is 13.8 Å². The minimum Gasteiger partial charge on any atom is -0.716 e. The van der Waals surface area contributed by atoms with E-state index < -0.39 is 20.2 Å². The fraction of sp³-hybridized carbons (Fsp3) is 0. The zero-order chi connectivity index (χ0) is 15.7. The smallest absolute Gasteiger partial charge is 0.262 e. The van der Waals surface area contributed by atoms with E-state index in [0.29, 0.717) is 0 Å². The van der Waals surface area contributed by atoms with Crippen LogP contribution in [0.1, 0.15) is 0 Å². The highest BCUT2D eigenvalue weighted by Crippen LogP contribution is 2.24. The van der Waals surface area contributed by atoms with Crippen LogP contribution in [-0.4, -0.2) is 26.5 Å². The van der Waals surface area contributed by atoms with E-state index in [0.717, 1.165) is 24.3 Å². The first-order valence-corrected chi connectivity index (χ1v) is 8.30. The number of hydrogen-bond donors (Lipinski definition) is 1. The molecular weight excluding hydrogens is 320 g/mol. The van der Waals surface area contributed by atoms with Crippen molar-refractivity contribution < 1.29 is 30.7 Å². The van der Waals surface area contributed by atoms with Gasteiger partial charge in [-0.1, -0.05) is 0 Å². The van der Waals surface area contributed by atoms with Crippen molar-refractivity contribution in [1.29, 1.82) is 0 Å². The second kappa shape index (κ2) is 5.35. The third-order valence-electron chi connectivity index (χ3n) is 2.48. The molecule has 0 aliphatic rings. The number of sulfone groups is 1. The zero-order valence-electron chi connectivity index (χ0n) is 10.3. The summed E-state index contributed by atoms with van der Waals surface area (Å²) in [5.41, 5.74) is 0. The Kier molecular flexibility index (Phi) is 3.90. The van der Waals surface area contributed by atoms with Crippen LogP contribution < -0.4 is 4.18 Å². The van der Waals surface area contributed by atoms with Crippen LogP contribution in [0.15, 0.2) is 58.3 Å². The normalized spacial score (nSPS) is 12.0. The molecule has 7 nitrogen and oxygen atoms in total. The van der Waals surface area contributed by atoms with Crippen molar-refractivity contribution in [2.45, 2.75) is 9.79 Å². The Bertz CT molecular complexity index is 835. The first kappa shape index (κ1) is 15.3. The molecule has 0 spiro atoms. The maximum absolute atomic E-state index is 12.2. The molecule has 0 fully saturated rings. The Labute approximate surface area is 121 Å². The van der Waals surface area contributed by atoms with Crippen molar-refractivity contribution in [2.24, 2.45) is 0 Å². The predicted octanol–water partition coefficient (Wildman–Crippen LogP) is 1.06. The van der Waals surface area contributed by atoms with Gasteiger partial charge in [0.25, 0.3) is 10.4 Å². The third kappa shape index (κ3) is 3.72. The Hall–Kier alpha value is -2.10. The van der Waals surface area contributed by atoms with Gasteiger partial charge in [-0.3, -0.25) is 0 Å². The second-order valence-corrected chi connectivity index (χ2v) is 6.89. The molecule has 0 radical (unpaired) electrons. The molecule has 0 aliphatic heterocycles. The van der Waals surface area contributed by atoms with Crippen LogP contribution >= 0.6 is 0 Å². The van der Waals surface area contributed by atoms with E-state index in [9.17, 15) is 21.4 Å². The van der Waals surface area contributed by atoms with Crippen LogP contribution in [0.3, 0.4) is 0 Å². The molecule has 0 amide bonds. The van der Waals surface area contributed by atoms with Gasteiger partial charge >= 0.3 is 0 Å². The summed E-state index contributed by atoms with van der Waals surface area (Å²) < 4.78 is 59.8. The van der Waals surface area contributed by atoms with Gasteiger partial charge in [0.1, 0.15) is 11.5 Å². The molecule has 0 atom stereocenters. The van der Waals surface area contributed by atoms with Crippen LogP contribution in [-0.2, 0) is 20.2 Å². The molecule has 2 aromatic rings. The maximum atomic E-state index is 12.2. The predicted molar refractivity (Wildman–Crippen MR) is 70.3 cm³/mol. The summed E-state index contributed by atoms with van der Waals surface area (Å²) in [6.45, 7) is 0. The molecule has 0 saturated carbocycles. The number of phenols is 1. The SMILES string of the molecule is O=S(=O)([O-])Oc1ccc(S(=O)(=O)c2ccc(O)cc2)cc1. The molecular formula is C12H9O7S2-. The van der Waals surface area contributed by atoms with Crippen molar-refractivity contribution in [3.63, 3.8) is 0 Å². The van der Waals surface area contributed by atoms with E-state index in [4.69, 9.17) is 5.11 Å². The summed E-state index contributed by atoms with van der Waals surface area (Å²) in [5.74, 6) is -0.354. The summed E-state index contributed by atoms with van der Waals surface area (Å²) >= 11 is 0. The molecule has 2 aromatic carbocycles. The average molecular weight is 329 g/mol. The van der Waals surface area contributed by atoms with E-state index in [1.165, 1.54) is 24.3 Å². The van der Waals surface area contributed by atoms with Crippen LogP contribution in [0.4, 0.5) is 0 Å². The Morgan fingerprint density at radius 2 is 1.24 bits per heavy atom. The van der Waals surface area contributed by atoms with Crippen molar-refractivity contribution in [3.05, 3.63) is 48.5 Å². The number of benzene rings is 2. The highest BCUT2D eigenvalue weighted by atomic mass is 32.3. The van der Waals surface area contributed by atoms with E-state index in [-0.39, 0.29) is 21.3 Å². The summed E-state index contributed by atoms with van der Waals surface area (Å²) in [6, 6.07) is 9.27. The van der Waals surface area contributed by atoms with Gasteiger partial charge in [-0.05, 0) is 48.5 Å². The quantitative estimate of drug-likeness (QED) is 0.657. The molecule has 0 heterocycles. The minimum absolute atomic E-state index is 0.0367. The van der Waals surface area contributed by atoms with Crippen molar-refractivity contribution in [1.82, 2.24) is 0 Å². The van der Waals surface area contributed by atoms with E-state index in [2.05, 4.69) is 4.18 Å². The zero-order valence-corrected chi connectivity index (χ0v) is 12.0. The monoisotopic (exact) mass is 329 g/mol. The Balaban J connectivity index is 2.35. The Morgan fingerprint density at radius 1 is 0.810 bits per heavy atom. The minimum atomic E-state index is -4.91. The van der Waals surface area contributed by atoms with E-state index >= 15 is 0 Å². The second-order valence-electron chi connectivity index (χ2n) is 3.96. The van der Waals surface area contributed by atoms with Gasteiger partial charge in [0, 0.05) is 0 Å². The number of phenolic OH excluding ortho intramolecular Hbond substituents is 1. The van der Waals surface area contributed by atoms with Gasteiger partial charge in [0.05, 0.1) is 9.79 Å². The third-order valence-corrected chi connectivity index (χ3v) is 4.66. The van der Waals surface area contributed by atoms with Crippen LogP contribution in [0.2, 0.25) is 0 Å². The lowest BCUT2D eigenvalue weighted by atomic mass is 10.3. The molecule has 9 heteroatoms. The molecule has 21 heavy (non-hydrogen) atoms. The molecule has 0 aliphatic carbocycles. The summed E-state index contributed by atoms with van der Waals surface area (Å²) in [5, 5.41) is 9.14. The standard InChI is InChI=1S/C12H10O7S2/c13-9-1-5-11(6-2-9)20(14,15)12-7-3-10(4-8-12)19-21(16,17)18/h1-8,13H,(H,16,17,18)/p-1. The van der Waals surface area contributed by atoms with Gasteiger partial charge in [-0.25, -0.2) is 16.8 Å². The molecule has 0 saturated heterocycles. The number of hydrogen-bond acceptors (Lipinski definition) is 7. The molecule has 0 bridgehead atoms. The van der Waals surface area contributed by atoms with Crippen molar-refractivity contribution in [3.8, 4) is 11.5 Å². The summed E-state index contributed by atoms with van der Waals surface area (Å²) in [7, 11) is -8.72. The lowest BCUT2D eigenvalue weighted by molar-refractivity contribution is 0.372. The summed E-state index contributed by atoms with van der Waals surface area (Å²) in [6.07, 6.45) is 0. The van der Waals surface area contributed by atoms with E-state index in [1.54, 1.807) is 0 Å². The summed E-state index contributed by atoms with van der Waals surface area (Å²) in [4.78, 5) is -0.144. The lowest BCUT2D eigenvalue weighted by Crippen LogP contribution is -2.07. The van der Waals surface area contributed by atoms with Gasteiger partial charge in [0.15, 0.2) is 0 Å². The maximum Gasteiger partial charge on any atom is 0.262 e. The lowest BCUT2D eigenvalue weighted by Gasteiger charge is -2.09. The molecule has 1 N–H and O–H groups in total. The van der Waals surface area contributed by atoms with Crippen LogP contribution in [0, 0.1) is 0 Å². The van der Waals surface area contributed by atoms with Gasteiger partial charge in [-0.15, -0.1) is 0 Å². The highest BCUT2D eigenvalue weighted by molar-refractivity contribution is 7.91. The molecule has 0 unspecified atom stereocenters. The number of rotatable bonds is 4.